The third-order valence-corrected chi connectivity index (χ3v) is 9.05. The molecule has 0 N–H and O–H groups in total. The van der Waals surface area contributed by atoms with Crippen LogP contribution in [0.2, 0.25) is 0 Å². The SMILES string of the molecule is C=CC.C=CC(=O)OCCOC(=O)/C(C#N)=C/c1ccc(N(C)c2ccc(C(C)(C)c3ccc(N(C)c4ccc(/C=C(\C#N)C(=O)OCCOC=O)cc4)cc3)cc2)cc1. The van der Waals surface area contributed by atoms with E-state index < -0.39 is 17.9 Å². The third-order valence-electron chi connectivity index (χ3n) is 9.05. The van der Waals surface area contributed by atoms with E-state index in [1.165, 1.54) is 12.2 Å². The predicted octanol–water partition coefficient (Wildman–Crippen LogP) is 8.54. The summed E-state index contributed by atoms with van der Waals surface area (Å²) in [6, 6.07) is 35.2. The topological polar surface area (TPSA) is 159 Å². The van der Waals surface area contributed by atoms with E-state index in [1.807, 2.05) is 79.4 Å². The number of nitriles is 2. The summed E-state index contributed by atoms with van der Waals surface area (Å²) in [4.78, 5) is 49.9. The highest BCUT2D eigenvalue weighted by Crippen LogP contribution is 2.35. The van der Waals surface area contributed by atoms with Crippen LogP contribution in [0, 0.1) is 22.7 Å². The molecule has 0 aliphatic heterocycles. The van der Waals surface area contributed by atoms with Gasteiger partial charge in [0, 0.05) is 48.3 Å². The van der Waals surface area contributed by atoms with Crippen LogP contribution in [0.3, 0.4) is 0 Å². The molecular formula is C48H48N4O8. The number of carbonyl (C=O) groups is 4. The van der Waals surface area contributed by atoms with Gasteiger partial charge in [0.25, 0.3) is 6.47 Å². The van der Waals surface area contributed by atoms with Gasteiger partial charge in [0.1, 0.15) is 49.7 Å². The normalized spacial score (nSPS) is 10.9. The second-order valence-electron chi connectivity index (χ2n) is 13.4. The molecule has 0 bridgehead atoms. The Labute approximate surface area is 351 Å². The highest BCUT2D eigenvalue weighted by atomic mass is 16.6. The Balaban J connectivity index is 0.00000311. The number of rotatable bonds is 18. The van der Waals surface area contributed by atoms with Gasteiger partial charge < -0.3 is 28.7 Å². The van der Waals surface area contributed by atoms with E-state index in [4.69, 9.17) is 14.2 Å². The zero-order valence-corrected chi connectivity index (χ0v) is 34.4. The van der Waals surface area contributed by atoms with Crippen molar-refractivity contribution in [2.45, 2.75) is 26.2 Å². The minimum absolute atomic E-state index is 0.0867. The molecule has 4 rings (SSSR count). The molecular weight excluding hydrogens is 761 g/mol. The quantitative estimate of drug-likeness (QED) is 0.0180. The van der Waals surface area contributed by atoms with Crippen molar-refractivity contribution in [3.63, 3.8) is 0 Å². The lowest BCUT2D eigenvalue weighted by atomic mass is 9.78. The molecule has 60 heavy (non-hydrogen) atoms. The van der Waals surface area contributed by atoms with Crippen molar-refractivity contribution in [3.05, 3.63) is 156 Å². The molecule has 0 amide bonds. The maximum absolute atomic E-state index is 12.3. The zero-order chi connectivity index (χ0) is 44.1. The van der Waals surface area contributed by atoms with Gasteiger partial charge in [-0.15, -0.1) is 6.58 Å². The van der Waals surface area contributed by atoms with Crippen molar-refractivity contribution in [1.82, 2.24) is 0 Å². The Morgan fingerprint density at radius 1 is 0.617 bits per heavy atom. The van der Waals surface area contributed by atoms with Gasteiger partial charge in [0.15, 0.2) is 0 Å². The molecule has 0 unspecified atom stereocenters. The highest BCUT2D eigenvalue weighted by molar-refractivity contribution is 5.98. The molecule has 0 aliphatic carbocycles. The van der Waals surface area contributed by atoms with Crippen molar-refractivity contribution in [2.75, 3.05) is 50.3 Å². The van der Waals surface area contributed by atoms with Crippen molar-refractivity contribution < 1.29 is 38.1 Å². The molecule has 0 fully saturated rings. The van der Waals surface area contributed by atoms with E-state index in [0.29, 0.717) is 11.1 Å². The molecule has 0 heterocycles. The van der Waals surface area contributed by atoms with Crippen LogP contribution in [-0.4, -0.2) is 64.9 Å². The minimum Gasteiger partial charge on any atom is -0.464 e. The number of hydrogen-bond acceptors (Lipinski definition) is 12. The lowest BCUT2D eigenvalue weighted by Gasteiger charge is -2.28. The molecule has 0 aromatic heterocycles. The summed E-state index contributed by atoms with van der Waals surface area (Å²) in [5, 5.41) is 18.9. The average Bonchev–Trinajstić information content (AvgIpc) is 3.27. The van der Waals surface area contributed by atoms with Crippen molar-refractivity contribution in [3.8, 4) is 12.1 Å². The van der Waals surface area contributed by atoms with Crippen LogP contribution < -0.4 is 9.80 Å². The van der Waals surface area contributed by atoms with Crippen molar-refractivity contribution in [1.29, 1.82) is 10.5 Å². The fourth-order valence-corrected chi connectivity index (χ4v) is 5.59. The van der Waals surface area contributed by atoms with E-state index in [0.717, 1.165) is 40.0 Å². The number of carbonyl (C=O) groups excluding carboxylic acids is 4. The number of anilines is 4. The van der Waals surface area contributed by atoms with Gasteiger partial charge in [0.2, 0.25) is 0 Å². The van der Waals surface area contributed by atoms with Crippen LogP contribution in [0.1, 0.15) is 43.0 Å². The first kappa shape index (κ1) is 46.7. The van der Waals surface area contributed by atoms with Gasteiger partial charge in [-0.2, -0.15) is 10.5 Å². The number of esters is 3. The van der Waals surface area contributed by atoms with E-state index in [1.54, 1.807) is 18.2 Å². The molecule has 4 aromatic rings. The van der Waals surface area contributed by atoms with Gasteiger partial charge in [0.05, 0.1) is 0 Å². The maximum Gasteiger partial charge on any atom is 0.349 e. The first-order chi connectivity index (χ1) is 28.8. The van der Waals surface area contributed by atoms with Crippen LogP contribution in [0.25, 0.3) is 12.2 Å². The molecule has 0 saturated carbocycles. The van der Waals surface area contributed by atoms with Crippen molar-refractivity contribution >= 4 is 59.3 Å². The third kappa shape index (κ3) is 13.5. The van der Waals surface area contributed by atoms with Crippen LogP contribution in [0.15, 0.2) is 134 Å². The van der Waals surface area contributed by atoms with E-state index in [9.17, 15) is 29.7 Å². The first-order valence-electron chi connectivity index (χ1n) is 18.7. The first-order valence-corrected chi connectivity index (χ1v) is 18.7. The summed E-state index contributed by atoms with van der Waals surface area (Å²) >= 11 is 0. The lowest BCUT2D eigenvalue weighted by molar-refractivity contribution is -0.146. The van der Waals surface area contributed by atoms with Crippen LogP contribution >= 0.6 is 0 Å². The summed E-state index contributed by atoms with van der Waals surface area (Å²) in [6.45, 7) is 12.6. The van der Waals surface area contributed by atoms with E-state index in [-0.39, 0.29) is 49.5 Å². The fraction of sp³-hybridized carbons (Fsp3) is 0.208. The Morgan fingerprint density at radius 3 is 1.28 bits per heavy atom. The van der Waals surface area contributed by atoms with Gasteiger partial charge in [-0.3, -0.25) is 4.79 Å². The second kappa shape index (κ2) is 23.5. The summed E-state index contributed by atoms with van der Waals surface area (Å²) in [6.07, 6.45) is 5.64. The number of benzene rings is 4. The predicted molar refractivity (Wildman–Crippen MR) is 232 cm³/mol. The molecule has 0 aliphatic rings. The molecule has 12 nitrogen and oxygen atoms in total. The minimum atomic E-state index is -0.811. The number of hydrogen-bond donors (Lipinski definition) is 0. The summed E-state index contributed by atoms with van der Waals surface area (Å²) in [5.74, 6) is -2.23. The average molecular weight is 809 g/mol. The summed E-state index contributed by atoms with van der Waals surface area (Å²) in [5.41, 5.74) is 6.68. The van der Waals surface area contributed by atoms with Gasteiger partial charge in [-0.1, -0.05) is 75.0 Å². The largest absolute Gasteiger partial charge is 0.464 e. The monoisotopic (exact) mass is 808 g/mol. The van der Waals surface area contributed by atoms with E-state index in [2.05, 4.69) is 80.3 Å². The fourth-order valence-electron chi connectivity index (χ4n) is 5.59. The Bertz CT molecular complexity index is 2250. The standard InChI is InChI=1S/C45H42N4O8.C3H6/c1-6-42(51)55-25-26-57-44(53)35(30-47)28-33-9-17-39(18-10-33)49(5)41-21-13-37(14-22-41)45(2,3)36-11-19-40(20-12-36)48(4)38-15-7-32(8-16-38)27-34(29-46)43(52)56-24-23-54-31-50;1-3-2/h6-22,27-28,31H,1,23-26H2,2-5H3;3H,1H2,2H3/b34-27+,35-28+;. The van der Waals surface area contributed by atoms with Crippen LogP contribution in [-0.2, 0) is 43.5 Å². The molecule has 308 valence electrons. The molecule has 0 spiro atoms. The summed E-state index contributed by atoms with van der Waals surface area (Å²) < 4.78 is 19.3. The highest BCUT2D eigenvalue weighted by Gasteiger charge is 2.24. The van der Waals surface area contributed by atoms with Gasteiger partial charge in [-0.05, 0) is 89.9 Å². The van der Waals surface area contributed by atoms with Crippen molar-refractivity contribution in [2.24, 2.45) is 0 Å². The number of nitrogens with zero attached hydrogens (tertiary/aromatic N) is 4. The molecule has 0 saturated heterocycles. The summed E-state index contributed by atoms with van der Waals surface area (Å²) in [7, 11) is 3.92. The molecule has 4 aromatic carbocycles. The Kier molecular flexibility index (Phi) is 18.3. The maximum atomic E-state index is 12.3. The zero-order valence-electron chi connectivity index (χ0n) is 34.4. The Hall–Kier alpha value is -7.70. The molecule has 12 heteroatoms. The van der Waals surface area contributed by atoms with Gasteiger partial charge >= 0.3 is 17.9 Å². The number of ether oxygens (including phenoxy) is 4. The van der Waals surface area contributed by atoms with Gasteiger partial charge in [-0.25, -0.2) is 14.4 Å². The number of allylic oxidation sites excluding steroid dienone is 1. The second-order valence-corrected chi connectivity index (χ2v) is 13.4. The van der Waals surface area contributed by atoms with E-state index >= 15 is 0 Å². The molecule has 0 radical (unpaired) electrons. The molecule has 0 atom stereocenters. The smallest absolute Gasteiger partial charge is 0.349 e. The van der Waals surface area contributed by atoms with Crippen LogP contribution in [0.4, 0.5) is 22.7 Å². The lowest BCUT2D eigenvalue weighted by Crippen LogP contribution is -2.19. The Morgan fingerprint density at radius 2 is 0.950 bits per heavy atom. The van der Waals surface area contributed by atoms with Crippen LogP contribution in [0.5, 0.6) is 0 Å².